The first-order valence-corrected chi connectivity index (χ1v) is 15.6. The molecule has 0 bridgehead atoms. The number of rotatable bonds is 11. The predicted octanol–water partition coefficient (Wildman–Crippen LogP) is 8.09. The summed E-state index contributed by atoms with van der Waals surface area (Å²) in [5.74, 6) is 1.04. The fourth-order valence-corrected chi connectivity index (χ4v) is 6.48. The Bertz CT molecular complexity index is 1770. The van der Waals surface area contributed by atoms with Crippen molar-refractivity contribution in [2.75, 3.05) is 32.3 Å². The molecule has 236 valence electrons. The van der Waals surface area contributed by atoms with Crippen LogP contribution in [0.1, 0.15) is 34.2 Å². The smallest absolute Gasteiger partial charge is 0.131 e. The molecule has 1 aliphatic heterocycles. The first-order valence-electron chi connectivity index (χ1n) is 15.6. The second-order valence-electron chi connectivity index (χ2n) is 12.0. The SMILES string of the molecule is COc1ccc(F)c(-c2ccc(Cc3ccc(N4CC(O)(c5ccccc5OC)C[C@@H]4COCc4ccccc4)cc3)c(C)c2)c1. The molecular formula is C40H40FNO4. The summed E-state index contributed by atoms with van der Waals surface area (Å²) in [7, 11) is 3.22. The van der Waals surface area contributed by atoms with E-state index in [1.807, 2.05) is 54.6 Å². The molecular weight excluding hydrogens is 577 g/mol. The summed E-state index contributed by atoms with van der Waals surface area (Å²) >= 11 is 0. The van der Waals surface area contributed by atoms with Gasteiger partial charge in [0.2, 0.25) is 0 Å². The van der Waals surface area contributed by atoms with Crippen molar-refractivity contribution in [3.63, 3.8) is 0 Å². The van der Waals surface area contributed by atoms with Gasteiger partial charge in [-0.1, -0.05) is 78.9 Å². The van der Waals surface area contributed by atoms with Gasteiger partial charge in [0.1, 0.15) is 22.9 Å². The summed E-state index contributed by atoms with van der Waals surface area (Å²) in [6.45, 7) is 3.48. The highest BCUT2D eigenvalue weighted by molar-refractivity contribution is 5.67. The van der Waals surface area contributed by atoms with Gasteiger partial charge in [-0.05, 0) is 77.6 Å². The van der Waals surface area contributed by atoms with Crippen molar-refractivity contribution >= 4 is 5.69 Å². The maximum absolute atomic E-state index is 14.6. The topological polar surface area (TPSA) is 51.2 Å². The largest absolute Gasteiger partial charge is 0.497 e. The third kappa shape index (κ3) is 6.79. The fraction of sp³-hybridized carbons (Fsp3) is 0.250. The van der Waals surface area contributed by atoms with Crippen molar-refractivity contribution in [3.05, 3.63) is 149 Å². The zero-order valence-corrected chi connectivity index (χ0v) is 26.6. The molecule has 6 rings (SSSR count). The molecule has 6 heteroatoms. The quantitative estimate of drug-likeness (QED) is 0.162. The highest BCUT2D eigenvalue weighted by atomic mass is 19.1. The van der Waals surface area contributed by atoms with Crippen molar-refractivity contribution < 1.29 is 23.7 Å². The van der Waals surface area contributed by atoms with Crippen molar-refractivity contribution in [2.24, 2.45) is 0 Å². The van der Waals surface area contributed by atoms with Gasteiger partial charge in [-0.3, -0.25) is 0 Å². The van der Waals surface area contributed by atoms with Crippen LogP contribution in [0.15, 0.2) is 115 Å². The Labute approximate surface area is 270 Å². The number of para-hydroxylation sites is 1. The molecule has 0 radical (unpaired) electrons. The molecule has 1 aliphatic rings. The third-order valence-corrected chi connectivity index (χ3v) is 8.97. The van der Waals surface area contributed by atoms with Crippen molar-refractivity contribution in [2.45, 2.75) is 38.0 Å². The van der Waals surface area contributed by atoms with E-state index in [1.54, 1.807) is 26.4 Å². The van der Waals surface area contributed by atoms with E-state index in [1.165, 1.54) is 17.2 Å². The second kappa shape index (κ2) is 13.8. The van der Waals surface area contributed by atoms with Crippen LogP contribution in [0.25, 0.3) is 11.1 Å². The first kappa shape index (κ1) is 31.3. The number of aryl methyl sites for hydroxylation is 1. The lowest BCUT2D eigenvalue weighted by Gasteiger charge is -2.28. The Morgan fingerprint density at radius 3 is 2.33 bits per heavy atom. The number of hydrogen-bond donors (Lipinski definition) is 1. The number of benzene rings is 5. The summed E-state index contributed by atoms with van der Waals surface area (Å²) in [5.41, 5.74) is 6.65. The number of nitrogens with zero attached hydrogens (tertiary/aromatic N) is 1. The number of halogens is 1. The maximum Gasteiger partial charge on any atom is 0.131 e. The van der Waals surface area contributed by atoms with Gasteiger partial charge in [0.25, 0.3) is 0 Å². The lowest BCUT2D eigenvalue weighted by molar-refractivity contribution is 0.0449. The minimum absolute atomic E-state index is 0.0312. The number of β-amino-alcohol motifs (C(OH)–C–C–N with tert-alkyl or cyclic N) is 1. The molecule has 0 spiro atoms. The molecule has 1 unspecified atom stereocenters. The van der Waals surface area contributed by atoms with E-state index < -0.39 is 5.60 Å². The monoisotopic (exact) mass is 617 g/mol. The van der Waals surface area contributed by atoms with Gasteiger partial charge in [-0.15, -0.1) is 0 Å². The molecule has 0 aromatic heterocycles. The minimum atomic E-state index is -1.09. The summed E-state index contributed by atoms with van der Waals surface area (Å²) in [5, 5.41) is 12.0. The van der Waals surface area contributed by atoms with E-state index >= 15 is 0 Å². The van der Waals surface area contributed by atoms with Crippen molar-refractivity contribution in [3.8, 4) is 22.6 Å². The molecule has 5 nitrogen and oxygen atoms in total. The van der Waals surface area contributed by atoms with Gasteiger partial charge in [-0.25, -0.2) is 4.39 Å². The van der Waals surface area contributed by atoms with Gasteiger partial charge in [0.05, 0.1) is 40.0 Å². The first-order chi connectivity index (χ1) is 22.4. The Kier molecular flexibility index (Phi) is 9.38. The van der Waals surface area contributed by atoms with Crippen LogP contribution in [0.4, 0.5) is 10.1 Å². The molecule has 2 atom stereocenters. The number of ether oxygens (including phenoxy) is 3. The zero-order valence-electron chi connectivity index (χ0n) is 26.6. The van der Waals surface area contributed by atoms with Crippen LogP contribution in [0.2, 0.25) is 0 Å². The van der Waals surface area contributed by atoms with Crippen LogP contribution in [-0.2, 0) is 23.4 Å². The van der Waals surface area contributed by atoms with E-state index in [0.29, 0.717) is 43.2 Å². The van der Waals surface area contributed by atoms with Crippen LogP contribution in [0, 0.1) is 12.7 Å². The average molecular weight is 618 g/mol. The molecule has 0 saturated carbocycles. The van der Waals surface area contributed by atoms with Gasteiger partial charge < -0.3 is 24.2 Å². The van der Waals surface area contributed by atoms with Crippen molar-refractivity contribution in [1.29, 1.82) is 0 Å². The summed E-state index contributed by atoms with van der Waals surface area (Å²) < 4.78 is 31.7. The van der Waals surface area contributed by atoms with E-state index in [2.05, 4.69) is 54.3 Å². The maximum atomic E-state index is 14.6. The molecule has 46 heavy (non-hydrogen) atoms. The Hall–Kier alpha value is -4.65. The van der Waals surface area contributed by atoms with Crippen LogP contribution in [0.5, 0.6) is 11.5 Å². The van der Waals surface area contributed by atoms with E-state index in [9.17, 15) is 9.50 Å². The summed E-state index contributed by atoms with van der Waals surface area (Å²) in [4.78, 5) is 2.25. The van der Waals surface area contributed by atoms with E-state index in [0.717, 1.165) is 34.4 Å². The van der Waals surface area contributed by atoms with Crippen LogP contribution in [0.3, 0.4) is 0 Å². The minimum Gasteiger partial charge on any atom is -0.497 e. The van der Waals surface area contributed by atoms with Crippen molar-refractivity contribution in [1.82, 2.24) is 0 Å². The second-order valence-corrected chi connectivity index (χ2v) is 12.0. The van der Waals surface area contributed by atoms with Crippen LogP contribution >= 0.6 is 0 Å². The molecule has 1 fully saturated rings. The molecule has 5 aromatic rings. The highest BCUT2D eigenvalue weighted by Gasteiger charge is 2.45. The molecule has 0 aliphatic carbocycles. The number of hydrogen-bond acceptors (Lipinski definition) is 5. The summed E-state index contributed by atoms with van der Waals surface area (Å²) in [6, 6.07) is 37.2. The number of anilines is 1. The zero-order chi connectivity index (χ0) is 32.1. The molecule has 1 heterocycles. The Balaban J connectivity index is 1.20. The normalized spacial score (nSPS) is 17.7. The lowest BCUT2D eigenvalue weighted by atomic mass is 9.90. The third-order valence-electron chi connectivity index (χ3n) is 8.97. The molecule has 5 aromatic carbocycles. The highest BCUT2D eigenvalue weighted by Crippen LogP contribution is 2.42. The Morgan fingerprint density at radius 2 is 1.59 bits per heavy atom. The van der Waals surface area contributed by atoms with Crippen LogP contribution in [-0.4, -0.2) is 38.5 Å². The van der Waals surface area contributed by atoms with Crippen LogP contribution < -0.4 is 14.4 Å². The standard InChI is InChI=1S/C40H40FNO4/c1-28-21-32(36-23-35(44-2)19-20-38(36)41)16-15-31(28)22-29-13-17-33(18-14-29)42-27-40(43,37-11-7-8-12-39(37)45-3)24-34(42)26-46-25-30-9-5-4-6-10-30/h4-21,23,34,43H,22,24-27H2,1-3H3/t34-,40?/m1/s1. The van der Waals surface area contributed by atoms with Gasteiger partial charge in [0, 0.05) is 23.2 Å². The van der Waals surface area contributed by atoms with E-state index in [4.69, 9.17) is 14.2 Å². The Morgan fingerprint density at radius 1 is 0.826 bits per heavy atom. The number of aliphatic hydroxyl groups is 1. The molecule has 1 N–H and O–H groups in total. The number of methoxy groups -OCH3 is 2. The summed E-state index contributed by atoms with van der Waals surface area (Å²) in [6.07, 6.45) is 1.27. The fourth-order valence-electron chi connectivity index (χ4n) is 6.48. The van der Waals surface area contributed by atoms with Gasteiger partial charge in [-0.2, -0.15) is 0 Å². The molecule has 0 amide bonds. The molecule has 1 saturated heterocycles. The van der Waals surface area contributed by atoms with Gasteiger partial charge >= 0.3 is 0 Å². The lowest BCUT2D eigenvalue weighted by Crippen LogP contribution is -2.34. The van der Waals surface area contributed by atoms with Gasteiger partial charge in [0.15, 0.2) is 0 Å². The van der Waals surface area contributed by atoms with E-state index in [-0.39, 0.29) is 11.9 Å². The predicted molar refractivity (Wildman–Crippen MR) is 181 cm³/mol. The average Bonchev–Trinajstić information content (AvgIpc) is 3.43.